The second kappa shape index (κ2) is 7.92. The summed E-state index contributed by atoms with van der Waals surface area (Å²) in [5, 5.41) is 8.63. The molecule has 1 unspecified atom stereocenters. The maximum absolute atomic E-state index is 11.8. The van der Waals surface area contributed by atoms with Gasteiger partial charge in [0, 0.05) is 6.54 Å². The van der Waals surface area contributed by atoms with Gasteiger partial charge in [0.05, 0.1) is 0 Å². The minimum absolute atomic E-state index is 0.137. The van der Waals surface area contributed by atoms with Gasteiger partial charge in [-0.25, -0.2) is 4.79 Å². The van der Waals surface area contributed by atoms with Crippen LogP contribution in [0.3, 0.4) is 0 Å². The van der Waals surface area contributed by atoms with Gasteiger partial charge >= 0.3 is 6.03 Å². The molecule has 0 aromatic rings. The van der Waals surface area contributed by atoms with E-state index >= 15 is 0 Å². The van der Waals surface area contributed by atoms with Gasteiger partial charge in [-0.2, -0.15) is 0 Å². The van der Waals surface area contributed by atoms with E-state index in [1.165, 1.54) is 6.42 Å². The molecule has 5 N–H and O–H groups in total. The Kier molecular flexibility index (Phi) is 6.49. The number of urea groups is 1. The lowest BCUT2D eigenvalue weighted by Crippen LogP contribution is -2.48. The highest BCUT2D eigenvalue weighted by atomic mass is 16.2. The molecule has 1 rings (SSSR count). The topological polar surface area (TPSA) is 96.2 Å². The lowest BCUT2D eigenvalue weighted by molar-refractivity contribution is -0.123. The van der Waals surface area contributed by atoms with Gasteiger partial charge in [-0.05, 0) is 38.3 Å². The quantitative estimate of drug-likeness (QED) is 0.514. The Labute approximate surface area is 108 Å². The summed E-state index contributed by atoms with van der Waals surface area (Å²) >= 11 is 0. The largest absolute Gasteiger partial charge is 0.354 e. The summed E-state index contributed by atoms with van der Waals surface area (Å²) in [6.07, 6.45) is 3.59. The van der Waals surface area contributed by atoms with E-state index in [1.807, 2.05) is 6.92 Å². The first-order valence-electron chi connectivity index (χ1n) is 6.68. The van der Waals surface area contributed by atoms with E-state index in [9.17, 15) is 9.59 Å². The van der Waals surface area contributed by atoms with Crippen molar-refractivity contribution >= 4 is 11.9 Å². The van der Waals surface area contributed by atoms with Crippen LogP contribution in [0.5, 0.6) is 0 Å². The molecule has 0 radical (unpaired) electrons. The third kappa shape index (κ3) is 5.35. The SMILES string of the molecule is CCC[C@@H](NC(N)=O)C(=O)NCCC1CCNC1. The molecule has 2 atom stereocenters. The van der Waals surface area contributed by atoms with E-state index < -0.39 is 12.1 Å². The predicted molar refractivity (Wildman–Crippen MR) is 70.0 cm³/mol. The predicted octanol–water partition coefficient (Wildman–Crippen LogP) is -0.0608. The normalized spacial score (nSPS) is 20.4. The van der Waals surface area contributed by atoms with E-state index in [0.29, 0.717) is 18.9 Å². The van der Waals surface area contributed by atoms with Crippen molar-refractivity contribution in [3.05, 3.63) is 0 Å². The summed E-state index contributed by atoms with van der Waals surface area (Å²) < 4.78 is 0. The van der Waals surface area contributed by atoms with Gasteiger partial charge in [-0.1, -0.05) is 13.3 Å². The molecular weight excluding hydrogens is 232 g/mol. The van der Waals surface area contributed by atoms with Crippen molar-refractivity contribution in [3.63, 3.8) is 0 Å². The zero-order valence-electron chi connectivity index (χ0n) is 11.0. The minimum atomic E-state index is -0.649. The fourth-order valence-electron chi connectivity index (χ4n) is 2.21. The van der Waals surface area contributed by atoms with Crippen LogP contribution in [0.4, 0.5) is 4.79 Å². The Morgan fingerprint density at radius 2 is 2.28 bits per heavy atom. The first kappa shape index (κ1) is 14.8. The first-order chi connectivity index (χ1) is 8.63. The average molecular weight is 256 g/mol. The second-order valence-corrected chi connectivity index (χ2v) is 4.79. The molecule has 1 aliphatic heterocycles. The Hall–Kier alpha value is -1.30. The van der Waals surface area contributed by atoms with Gasteiger partial charge in [0.15, 0.2) is 0 Å². The zero-order chi connectivity index (χ0) is 13.4. The molecule has 0 saturated carbocycles. The molecule has 1 fully saturated rings. The fourth-order valence-corrected chi connectivity index (χ4v) is 2.21. The Morgan fingerprint density at radius 3 is 2.83 bits per heavy atom. The minimum Gasteiger partial charge on any atom is -0.354 e. The number of hydrogen-bond acceptors (Lipinski definition) is 3. The van der Waals surface area contributed by atoms with Crippen molar-refractivity contribution in [2.45, 2.75) is 38.6 Å². The molecule has 1 saturated heterocycles. The van der Waals surface area contributed by atoms with Crippen LogP contribution >= 0.6 is 0 Å². The van der Waals surface area contributed by atoms with Crippen LogP contribution in [0.2, 0.25) is 0 Å². The molecule has 0 aromatic carbocycles. The zero-order valence-corrected chi connectivity index (χ0v) is 11.0. The van der Waals surface area contributed by atoms with Crippen molar-refractivity contribution < 1.29 is 9.59 Å². The summed E-state index contributed by atoms with van der Waals surface area (Å²) in [6.45, 7) is 4.73. The van der Waals surface area contributed by atoms with Crippen LogP contribution in [-0.2, 0) is 4.79 Å². The molecule has 6 heteroatoms. The lowest BCUT2D eigenvalue weighted by atomic mass is 10.1. The van der Waals surface area contributed by atoms with Gasteiger partial charge in [-0.3, -0.25) is 4.79 Å². The van der Waals surface area contributed by atoms with E-state index in [4.69, 9.17) is 5.73 Å². The third-order valence-electron chi connectivity index (χ3n) is 3.22. The molecule has 0 bridgehead atoms. The van der Waals surface area contributed by atoms with Crippen molar-refractivity contribution in [3.8, 4) is 0 Å². The summed E-state index contributed by atoms with van der Waals surface area (Å²) in [4.78, 5) is 22.6. The smallest absolute Gasteiger partial charge is 0.312 e. The number of primary amides is 1. The summed E-state index contributed by atoms with van der Waals surface area (Å²) in [6, 6.07) is -1.15. The molecule has 18 heavy (non-hydrogen) atoms. The third-order valence-corrected chi connectivity index (χ3v) is 3.22. The van der Waals surface area contributed by atoms with E-state index in [0.717, 1.165) is 25.9 Å². The van der Waals surface area contributed by atoms with Gasteiger partial charge in [-0.15, -0.1) is 0 Å². The number of amides is 3. The monoisotopic (exact) mass is 256 g/mol. The Morgan fingerprint density at radius 1 is 1.50 bits per heavy atom. The molecule has 1 heterocycles. The van der Waals surface area contributed by atoms with Crippen molar-refractivity contribution in [1.82, 2.24) is 16.0 Å². The number of carbonyl (C=O) groups is 2. The Balaban J connectivity index is 2.24. The highest BCUT2D eigenvalue weighted by Crippen LogP contribution is 2.10. The van der Waals surface area contributed by atoms with Gasteiger partial charge in [0.25, 0.3) is 0 Å². The molecular formula is C12H24N4O2. The van der Waals surface area contributed by atoms with E-state index in [2.05, 4.69) is 16.0 Å². The molecule has 6 nitrogen and oxygen atoms in total. The Bertz CT molecular complexity index is 277. The van der Waals surface area contributed by atoms with Crippen LogP contribution < -0.4 is 21.7 Å². The fraction of sp³-hybridized carbons (Fsp3) is 0.833. The van der Waals surface area contributed by atoms with Crippen LogP contribution in [0, 0.1) is 5.92 Å². The van der Waals surface area contributed by atoms with Crippen LogP contribution in [0.25, 0.3) is 0 Å². The summed E-state index contributed by atoms with van der Waals surface area (Å²) in [5.74, 6) is 0.514. The summed E-state index contributed by atoms with van der Waals surface area (Å²) in [5.41, 5.74) is 5.05. The van der Waals surface area contributed by atoms with Crippen molar-refractivity contribution in [1.29, 1.82) is 0 Å². The van der Waals surface area contributed by atoms with Crippen LogP contribution in [0.15, 0.2) is 0 Å². The maximum Gasteiger partial charge on any atom is 0.312 e. The van der Waals surface area contributed by atoms with Crippen LogP contribution in [-0.4, -0.2) is 37.6 Å². The standard InChI is InChI=1S/C12H24N4O2/c1-2-3-10(16-12(13)18)11(17)15-7-5-9-4-6-14-8-9/h9-10,14H,2-8H2,1H3,(H,15,17)(H3,13,16,18)/t9?,10-/m1/s1. The molecule has 0 spiro atoms. The maximum atomic E-state index is 11.8. The van der Waals surface area contributed by atoms with Crippen molar-refractivity contribution in [2.24, 2.45) is 11.7 Å². The van der Waals surface area contributed by atoms with Gasteiger partial charge in [0.2, 0.25) is 5.91 Å². The highest BCUT2D eigenvalue weighted by molar-refractivity contribution is 5.86. The number of hydrogen-bond donors (Lipinski definition) is 4. The van der Waals surface area contributed by atoms with Gasteiger partial charge in [0.1, 0.15) is 6.04 Å². The molecule has 104 valence electrons. The van der Waals surface area contributed by atoms with Crippen molar-refractivity contribution in [2.75, 3.05) is 19.6 Å². The van der Waals surface area contributed by atoms with E-state index in [-0.39, 0.29) is 5.91 Å². The van der Waals surface area contributed by atoms with Crippen LogP contribution in [0.1, 0.15) is 32.6 Å². The van der Waals surface area contributed by atoms with Gasteiger partial charge < -0.3 is 21.7 Å². The highest BCUT2D eigenvalue weighted by Gasteiger charge is 2.19. The average Bonchev–Trinajstić information content (AvgIpc) is 2.81. The number of nitrogens with two attached hydrogens (primary N) is 1. The summed E-state index contributed by atoms with van der Waals surface area (Å²) in [7, 11) is 0. The number of carbonyl (C=O) groups excluding carboxylic acids is 2. The molecule has 1 aliphatic rings. The molecule has 0 aliphatic carbocycles. The van der Waals surface area contributed by atoms with E-state index in [1.54, 1.807) is 0 Å². The molecule has 0 aromatic heterocycles. The second-order valence-electron chi connectivity index (χ2n) is 4.79. The lowest BCUT2D eigenvalue weighted by Gasteiger charge is -2.17. The molecule has 3 amide bonds. The number of rotatable bonds is 7. The first-order valence-corrected chi connectivity index (χ1v) is 6.68. The number of nitrogens with one attached hydrogen (secondary N) is 3.